The number of hydrogen-bond donors (Lipinski definition) is 0. The number of nitrogens with zero attached hydrogens (tertiary/aromatic N) is 2. The fourth-order valence-electron chi connectivity index (χ4n) is 0.970. The molecule has 0 aliphatic rings. The van der Waals surface area contributed by atoms with Crippen molar-refractivity contribution < 1.29 is 18.4 Å². The molecule has 0 amide bonds. The Labute approximate surface area is 93.0 Å². The predicted octanol–water partition coefficient (Wildman–Crippen LogP) is 2.72. The van der Waals surface area contributed by atoms with Crippen molar-refractivity contribution in [3.05, 3.63) is 32.8 Å². The van der Waals surface area contributed by atoms with Crippen LogP contribution in [-0.4, -0.2) is 11.5 Å². The predicted molar refractivity (Wildman–Crippen MR) is 49.5 cm³/mol. The largest absolute Gasteiger partial charge is 0.433 e. The summed E-state index contributed by atoms with van der Waals surface area (Å²) in [7, 11) is 0. The van der Waals surface area contributed by atoms with Crippen LogP contribution in [0.15, 0.2) is 12.1 Å². The summed E-state index contributed by atoms with van der Waals surface area (Å²) < 4.78 is 27.8. The quantitative estimate of drug-likeness (QED) is 0.609. The van der Waals surface area contributed by atoms with Gasteiger partial charge in [-0.2, -0.15) is 14.0 Å². The second-order valence-corrected chi connectivity index (χ2v) is 2.95. The van der Waals surface area contributed by atoms with E-state index in [4.69, 9.17) is 16.9 Å². The van der Waals surface area contributed by atoms with E-state index in [0.29, 0.717) is 0 Å². The van der Waals surface area contributed by atoms with E-state index >= 15 is 0 Å². The minimum Gasteiger partial charge on any atom is -0.433 e. The number of alkyl halides is 2. The number of nitro benzene ring substituents is 1. The van der Waals surface area contributed by atoms with E-state index in [0.717, 1.165) is 12.1 Å². The number of nitriles is 1. The van der Waals surface area contributed by atoms with Gasteiger partial charge in [0.25, 0.3) is 5.69 Å². The van der Waals surface area contributed by atoms with Crippen molar-refractivity contribution in [1.29, 1.82) is 5.26 Å². The minimum atomic E-state index is -3.12. The maximum Gasteiger partial charge on any atom is 0.387 e. The van der Waals surface area contributed by atoms with E-state index in [2.05, 4.69) is 4.74 Å². The van der Waals surface area contributed by atoms with Gasteiger partial charge in [0.2, 0.25) is 0 Å². The highest BCUT2D eigenvalue weighted by Crippen LogP contribution is 2.32. The van der Waals surface area contributed by atoms with Crippen LogP contribution in [0.2, 0.25) is 5.02 Å². The molecule has 0 radical (unpaired) electrons. The molecule has 0 heterocycles. The monoisotopic (exact) mass is 248 g/mol. The Morgan fingerprint density at radius 3 is 2.62 bits per heavy atom. The summed E-state index contributed by atoms with van der Waals surface area (Å²) in [4.78, 5) is 9.64. The van der Waals surface area contributed by atoms with Crippen LogP contribution in [0.5, 0.6) is 5.75 Å². The van der Waals surface area contributed by atoms with Gasteiger partial charge in [0, 0.05) is 12.1 Å². The van der Waals surface area contributed by atoms with Gasteiger partial charge in [0.15, 0.2) is 0 Å². The zero-order valence-corrected chi connectivity index (χ0v) is 8.24. The van der Waals surface area contributed by atoms with Crippen LogP contribution in [0.3, 0.4) is 0 Å². The Hall–Kier alpha value is -1.94. The zero-order valence-electron chi connectivity index (χ0n) is 7.49. The van der Waals surface area contributed by atoms with E-state index in [9.17, 15) is 18.9 Å². The van der Waals surface area contributed by atoms with Crippen molar-refractivity contribution in [1.82, 2.24) is 0 Å². The highest BCUT2D eigenvalue weighted by molar-refractivity contribution is 6.32. The highest BCUT2D eigenvalue weighted by Gasteiger charge is 2.19. The fourth-order valence-corrected chi connectivity index (χ4v) is 1.17. The Kier molecular flexibility index (Phi) is 3.58. The Balaban J connectivity index is 3.27. The fraction of sp³-hybridized carbons (Fsp3) is 0.125. The molecule has 1 aromatic rings. The molecule has 0 bridgehead atoms. The first-order valence-electron chi connectivity index (χ1n) is 3.78. The van der Waals surface area contributed by atoms with Crippen LogP contribution in [0.1, 0.15) is 5.56 Å². The number of halogens is 3. The molecule has 8 heteroatoms. The van der Waals surface area contributed by atoms with E-state index in [1.54, 1.807) is 0 Å². The molecule has 0 aliphatic heterocycles. The lowest BCUT2D eigenvalue weighted by Crippen LogP contribution is -2.03. The number of ether oxygens (including phenoxy) is 1. The topological polar surface area (TPSA) is 76.2 Å². The molecule has 0 aromatic heterocycles. The molecule has 16 heavy (non-hydrogen) atoms. The van der Waals surface area contributed by atoms with E-state index in [1.165, 1.54) is 6.07 Å². The first kappa shape index (κ1) is 12.1. The summed E-state index contributed by atoms with van der Waals surface area (Å²) in [5.74, 6) is -0.473. The third-order valence-corrected chi connectivity index (χ3v) is 1.88. The lowest BCUT2D eigenvalue weighted by Gasteiger charge is -2.06. The van der Waals surface area contributed by atoms with Gasteiger partial charge in [-0.1, -0.05) is 11.6 Å². The van der Waals surface area contributed by atoms with Gasteiger partial charge in [-0.05, 0) is 0 Å². The van der Waals surface area contributed by atoms with E-state index < -0.39 is 28.5 Å². The van der Waals surface area contributed by atoms with Crippen LogP contribution in [0.4, 0.5) is 14.5 Å². The molecule has 0 fully saturated rings. The van der Waals surface area contributed by atoms with Crippen molar-refractivity contribution in [3.63, 3.8) is 0 Å². The van der Waals surface area contributed by atoms with Crippen molar-refractivity contribution in [2.75, 3.05) is 0 Å². The number of nitro groups is 1. The van der Waals surface area contributed by atoms with Crippen LogP contribution in [-0.2, 0) is 0 Å². The van der Waals surface area contributed by atoms with Gasteiger partial charge in [-0.25, -0.2) is 0 Å². The molecule has 0 unspecified atom stereocenters. The molecular weight excluding hydrogens is 246 g/mol. The molecule has 0 aliphatic carbocycles. The first-order valence-corrected chi connectivity index (χ1v) is 4.16. The maximum absolute atomic E-state index is 11.9. The van der Waals surface area contributed by atoms with Crippen LogP contribution < -0.4 is 4.74 Å². The Morgan fingerprint density at radius 2 is 2.19 bits per heavy atom. The van der Waals surface area contributed by atoms with Crippen molar-refractivity contribution in [2.45, 2.75) is 6.61 Å². The number of rotatable bonds is 3. The van der Waals surface area contributed by atoms with Crippen molar-refractivity contribution in [3.8, 4) is 11.8 Å². The third-order valence-electron chi connectivity index (χ3n) is 1.58. The molecule has 5 nitrogen and oxygen atoms in total. The molecule has 0 saturated heterocycles. The first-order chi connectivity index (χ1) is 7.45. The maximum atomic E-state index is 11.9. The second kappa shape index (κ2) is 4.72. The third kappa shape index (κ3) is 2.55. The van der Waals surface area contributed by atoms with Crippen LogP contribution in [0, 0.1) is 21.4 Å². The lowest BCUT2D eigenvalue weighted by atomic mass is 10.2. The number of benzene rings is 1. The van der Waals surface area contributed by atoms with Gasteiger partial charge in [0.05, 0.1) is 9.95 Å². The Bertz CT molecular complexity index is 473. The zero-order chi connectivity index (χ0) is 12.3. The van der Waals surface area contributed by atoms with Crippen molar-refractivity contribution in [2.24, 2.45) is 0 Å². The summed E-state index contributed by atoms with van der Waals surface area (Å²) in [6.07, 6.45) is 0. The standard InChI is InChI=1S/C8H3ClF2N2O3/c9-5-2-6(13(14)15)4(3-12)1-7(5)16-8(10)11/h1-2,8H. The molecule has 84 valence electrons. The summed E-state index contributed by atoms with van der Waals surface area (Å²) >= 11 is 5.47. The molecule has 1 aromatic carbocycles. The minimum absolute atomic E-state index is 0.356. The number of hydrogen-bond acceptors (Lipinski definition) is 4. The SMILES string of the molecule is N#Cc1cc(OC(F)F)c(Cl)cc1[N+](=O)[O-]. The van der Waals surface area contributed by atoms with Crippen LogP contribution in [0.25, 0.3) is 0 Å². The molecule has 0 saturated carbocycles. The van der Waals surface area contributed by atoms with Crippen LogP contribution >= 0.6 is 11.6 Å². The summed E-state index contributed by atoms with van der Waals surface area (Å²) in [6.45, 7) is -3.12. The average molecular weight is 249 g/mol. The van der Waals surface area contributed by atoms with E-state index in [1.807, 2.05) is 0 Å². The summed E-state index contributed by atoms with van der Waals surface area (Å²) in [5.41, 5.74) is -0.959. The molecule has 1 rings (SSSR count). The highest BCUT2D eigenvalue weighted by atomic mass is 35.5. The average Bonchev–Trinajstić information content (AvgIpc) is 2.19. The summed E-state index contributed by atoms with van der Waals surface area (Å²) in [6, 6.07) is 3.08. The lowest BCUT2D eigenvalue weighted by molar-refractivity contribution is -0.385. The molecule has 0 spiro atoms. The van der Waals surface area contributed by atoms with Gasteiger partial charge in [0.1, 0.15) is 17.4 Å². The van der Waals surface area contributed by atoms with Gasteiger partial charge in [-0.3, -0.25) is 10.1 Å². The normalized spacial score (nSPS) is 9.94. The molecule has 0 atom stereocenters. The van der Waals surface area contributed by atoms with Crippen molar-refractivity contribution >= 4 is 17.3 Å². The molecule has 0 N–H and O–H groups in total. The molecular formula is C8H3ClF2N2O3. The smallest absolute Gasteiger partial charge is 0.387 e. The van der Waals surface area contributed by atoms with Gasteiger partial charge < -0.3 is 4.74 Å². The summed E-state index contributed by atoms with van der Waals surface area (Å²) in [5, 5.41) is 18.7. The van der Waals surface area contributed by atoms with Gasteiger partial charge >= 0.3 is 6.61 Å². The van der Waals surface area contributed by atoms with E-state index in [-0.39, 0.29) is 5.02 Å². The second-order valence-electron chi connectivity index (χ2n) is 2.55. The van der Waals surface area contributed by atoms with Gasteiger partial charge in [-0.15, -0.1) is 0 Å². The Morgan fingerprint density at radius 1 is 1.56 bits per heavy atom.